The average Bonchev–Trinajstić information content (AvgIpc) is 2.61. The summed E-state index contributed by atoms with van der Waals surface area (Å²) in [5, 5.41) is 9.32. The van der Waals surface area contributed by atoms with E-state index in [2.05, 4.69) is 4.98 Å². The van der Waals surface area contributed by atoms with Crippen LogP contribution in [0.3, 0.4) is 0 Å². The molecule has 0 aliphatic heterocycles. The highest BCUT2D eigenvalue weighted by Crippen LogP contribution is 2.29. The second-order valence-electron chi connectivity index (χ2n) is 3.33. The van der Waals surface area contributed by atoms with E-state index in [1.165, 1.54) is 17.4 Å². The van der Waals surface area contributed by atoms with Crippen molar-refractivity contribution in [1.29, 1.82) is 5.26 Å². The SMILES string of the molecule is Cc1sc(CC#N)nc1-c1ccccc1F. The molecule has 0 radical (unpaired) electrons. The van der Waals surface area contributed by atoms with Crippen LogP contribution in [-0.4, -0.2) is 4.98 Å². The molecule has 2 nitrogen and oxygen atoms in total. The normalized spacial score (nSPS) is 10.1. The van der Waals surface area contributed by atoms with Gasteiger partial charge in [0.1, 0.15) is 10.8 Å². The Kier molecular flexibility index (Phi) is 2.97. The Morgan fingerprint density at radius 1 is 1.44 bits per heavy atom. The van der Waals surface area contributed by atoms with Crippen molar-refractivity contribution in [3.63, 3.8) is 0 Å². The van der Waals surface area contributed by atoms with Crippen LogP contribution < -0.4 is 0 Å². The summed E-state index contributed by atoms with van der Waals surface area (Å²) in [6.45, 7) is 1.89. The molecule has 0 saturated carbocycles. The molecular formula is C12H9FN2S. The minimum absolute atomic E-state index is 0.278. The smallest absolute Gasteiger partial charge is 0.132 e. The molecule has 0 unspecified atom stereocenters. The predicted molar refractivity (Wildman–Crippen MR) is 61.6 cm³/mol. The highest BCUT2D eigenvalue weighted by atomic mass is 32.1. The zero-order valence-corrected chi connectivity index (χ0v) is 9.51. The number of hydrogen-bond donors (Lipinski definition) is 0. The summed E-state index contributed by atoms with van der Waals surface area (Å²) in [5.74, 6) is -0.278. The average molecular weight is 232 g/mol. The molecule has 0 bridgehead atoms. The van der Waals surface area contributed by atoms with Gasteiger partial charge in [-0.3, -0.25) is 0 Å². The number of thiazole rings is 1. The Labute approximate surface area is 97.0 Å². The van der Waals surface area contributed by atoms with Crippen LogP contribution in [0.25, 0.3) is 11.3 Å². The number of rotatable bonds is 2. The Hall–Kier alpha value is -1.73. The Bertz CT molecular complexity index is 554. The lowest BCUT2D eigenvalue weighted by Crippen LogP contribution is -1.86. The van der Waals surface area contributed by atoms with Crippen molar-refractivity contribution in [1.82, 2.24) is 4.98 Å². The van der Waals surface area contributed by atoms with Crippen molar-refractivity contribution in [3.05, 3.63) is 40.0 Å². The molecule has 16 heavy (non-hydrogen) atoms. The molecule has 1 aromatic carbocycles. The molecule has 0 N–H and O–H groups in total. The monoisotopic (exact) mass is 232 g/mol. The third-order valence-corrected chi connectivity index (χ3v) is 3.17. The topological polar surface area (TPSA) is 36.7 Å². The molecule has 2 rings (SSSR count). The number of aromatic nitrogens is 1. The van der Waals surface area contributed by atoms with Crippen LogP contribution >= 0.6 is 11.3 Å². The quantitative estimate of drug-likeness (QED) is 0.796. The van der Waals surface area contributed by atoms with E-state index in [4.69, 9.17) is 5.26 Å². The van der Waals surface area contributed by atoms with Gasteiger partial charge in [0.15, 0.2) is 0 Å². The van der Waals surface area contributed by atoms with Crippen LogP contribution in [0.15, 0.2) is 24.3 Å². The van der Waals surface area contributed by atoms with Crippen LogP contribution in [0, 0.1) is 24.1 Å². The van der Waals surface area contributed by atoms with Gasteiger partial charge in [0.2, 0.25) is 0 Å². The van der Waals surface area contributed by atoms with E-state index in [1.54, 1.807) is 18.2 Å². The molecule has 2 aromatic rings. The van der Waals surface area contributed by atoms with E-state index in [9.17, 15) is 4.39 Å². The van der Waals surface area contributed by atoms with E-state index < -0.39 is 0 Å². The fraction of sp³-hybridized carbons (Fsp3) is 0.167. The standard InChI is InChI=1S/C12H9FN2S/c1-8-12(15-11(16-8)6-7-14)9-4-2-3-5-10(9)13/h2-5H,6H2,1H3. The molecule has 0 saturated heterocycles. The predicted octanol–water partition coefficient (Wildman–Crippen LogP) is 3.32. The molecule has 0 atom stereocenters. The summed E-state index contributed by atoms with van der Waals surface area (Å²) in [4.78, 5) is 5.23. The van der Waals surface area contributed by atoms with Crippen LogP contribution in [0.4, 0.5) is 4.39 Å². The molecule has 80 valence electrons. The maximum Gasteiger partial charge on any atom is 0.132 e. The Morgan fingerprint density at radius 2 is 2.19 bits per heavy atom. The number of hydrogen-bond acceptors (Lipinski definition) is 3. The maximum absolute atomic E-state index is 13.6. The summed E-state index contributed by atoms with van der Waals surface area (Å²) >= 11 is 1.44. The van der Waals surface area contributed by atoms with Crippen molar-refractivity contribution in [2.45, 2.75) is 13.3 Å². The summed E-state index contributed by atoms with van der Waals surface area (Å²) in [6.07, 6.45) is 0.278. The molecule has 1 heterocycles. The van der Waals surface area contributed by atoms with Gasteiger partial charge in [0, 0.05) is 10.4 Å². The van der Waals surface area contributed by atoms with Crippen LogP contribution in [0.2, 0.25) is 0 Å². The summed E-state index contributed by atoms with van der Waals surface area (Å²) < 4.78 is 13.6. The Morgan fingerprint density at radius 3 is 2.88 bits per heavy atom. The van der Waals surface area contributed by atoms with Gasteiger partial charge in [0.25, 0.3) is 0 Å². The van der Waals surface area contributed by atoms with Gasteiger partial charge in [-0.2, -0.15) is 5.26 Å². The van der Waals surface area contributed by atoms with Crippen molar-refractivity contribution in [3.8, 4) is 17.3 Å². The van der Waals surface area contributed by atoms with Gasteiger partial charge in [-0.05, 0) is 19.1 Å². The number of halogens is 1. The molecule has 0 fully saturated rings. The van der Waals surface area contributed by atoms with E-state index in [1.807, 2.05) is 13.0 Å². The van der Waals surface area contributed by atoms with Crippen molar-refractivity contribution < 1.29 is 4.39 Å². The molecule has 0 spiro atoms. The number of nitriles is 1. The highest BCUT2D eigenvalue weighted by Gasteiger charge is 2.12. The van der Waals surface area contributed by atoms with Gasteiger partial charge < -0.3 is 0 Å². The van der Waals surface area contributed by atoms with Gasteiger partial charge in [-0.25, -0.2) is 9.37 Å². The molecule has 0 aliphatic carbocycles. The lowest BCUT2D eigenvalue weighted by atomic mass is 10.1. The van der Waals surface area contributed by atoms with Crippen LogP contribution in [0.1, 0.15) is 9.88 Å². The Balaban J connectivity index is 2.49. The first kappa shape index (κ1) is 10.8. The fourth-order valence-electron chi connectivity index (χ4n) is 1.50. The number of nitrogens with zero attached hydrogens (tertiary/aromatic N) is 2. The molecule has 0 aliphatic rings. The third-order valence-electron chi connectivity index (χ3n) is 2.20. The summed E-state index contributed by atoms with van der Waals surface area (Å²) in [7, 11) is 0. The van der Waals surface area contributed by atoms with Gasteiger partial charge >= 0.3 is 0 Å². The third kappa shape index (κ3) is 1.95. The van der Waals surface area contributed by atoms with Crippen LogP contribution in [0.5, 0.6) is 0 Å². The van der Waals surface area contributed by atoms with Crippen LogP contribution in [-0.2, 0) is 6.42 Å². The summed E-state index contributed by atoms with van der Waals surface area (Å²) in [5.41, 5.74) is 1.15. The molecule has 1 aromatic heterocycles. The molecular weight excluding hydrogens is 223 g/mol. The molecule has 0 amide bonds. The zero-order valence-electron chi connectivity index (χ0n) is 8.70. The van der Waals surface area contributed by atoms with Gasteiger partial charge in [0.05, 0.1) is 18.2 Å². The largest absolute Gasteiger partial charge is 0.240 e. The molecule has 4 heteroatoms. The van der Waals surface area contributed by atoms with Gasteiger partial charge in [-0.15, -0.1) is 11.3 Å². The van der Waals surface area contributed by atoms with E-state index in [-0.39, 0.29) is 12.2 Å². The van der Waals surface area contributed by atoms with Crippen molar-refractivity contribution >= 4 is 11.3 Å². The lowest BCUT2D eigenvalue weighted by molar-refractivity contribution is 0.630. The maximum atomic E-state index is 13.6. The summed E-state index contributed by atoms with van der Waals surface area (Å²) in [6, 6.07) is 8.59. The first-order valence-electron chi connectivity index (χ1n) is 4.80. The lowest BCUT2D eigenvalue weighted by Gasteiger charge is -1.99. The minimum atomic E-state index is -0.278. The van der Waals surface area contributed by atoms with Crippen molar-refractivity contribution in [2.24, 2.45) is 0 Å². The number of aryl methyl sites for hydroxylation is 1. The number of benzene rings is 1. The second-order valence-corrected chi connectivity index (χ2v) is 4.61. The van der Waals surface area contributed by atoms with E-state index in [0.29, 0.717) is 11.3 Å². The second kappa shape index (κ2) is 4.42. The first-order chi connectivity index (χ1) is 7.72. The zero-order chi connectivity index (χ0) is 11.5. The van der Waals surface area contributed by atoms with E-state index >= 15 is 0 Å². The van der Waals surface area contributed by atoms with Crippen molar-refractivity contribution in [2.75, 3.05) is 0 Å². The minimum Gasteiger partial charge on any atom is -0.240 e. The van der Waals surface area contributed by atoms with E-state index in [0.717, 1.165) is 9.88 Å². The first-order valence-corrected chi connectivity index (χ1v) is 5.62. The van der Waals surface area contributed by atoms with Gasteiger partial charge in [-0.1, -0.05) is 12.1 Å². The highest BCUT2D eigenvalue weighted by molar-refractivity contribution is 7.12. The fourth-order valence-corrected chi connectivity index (χ4v) is 2.38.